The van der Waals surface area contributed by atoms with Gasteiger partial charge in [0, 0.05) is 17.5 Å². The van der Waals surface area contributed by atoms with Gasteiger partial charge < -0.3 is 9.47 Å². The average Bonchev–Trinajstić information content (AvgIpc) is 3.17. The van der Waals surface area contributed by atoms with E-state index in [1.54, 1.807) is 0 Å². The van der Waals surface area contributed by atoms with Crippen LogP contribution in [0.1, 0.15) is 35.2 Å². The fourth-order valence-corrected chi connectivity index (χ4v) is 2.56. The fourth-order valence-electron chi connectivity index (χ4n) is 2.56. The number of ether oxygens (including phenoxy) is 2. The lowest BCUT2D eigenvalue weighted by molar-refractivity contribution is 0.0978. The summed E-state index contributed by atoms with van der Waals surface area (Å²) in [4.78, 5) is 16.2. The fraction of sp³-hybridized carbons (Fsp3) is 0.300. The minimum absolute atomic E-state index is 0.0293. The van der Waals surface area contributed by atoms with Gasteiger partial charge in [-0.1, -0.05) is 0 Å². The Labute approximate surface area is 146 Å². The molecule has 4 nitrogen and oxygen atoms in total. The number of hydrogen-bond donors (Lipinski definition) is 0. The van der Waals surface area contributed by atoms with Gasteiger partial charge in [0.25, 0.3) is 0 Å². The summed E-state index contributed by atoms with van der Waals surface area (Å²) in [6.45, 7) is 1.90. The monoisotopic (exact) mass is 341 g/mol. The van der Waals surface area contributed by atoms with Crippen molar-refractivity contribution in [3.63, 3.8) is 0 Å². The van der Waals surface area contributed by atoms with E-state index in [0.717, 1.165) is 24.2 Å². The van der Waals surface area contributed by atoms with Crippen molar-refractivity contribution in [3.05, 3.63) is 65.5 Å². The third-order valence-corrected chi connectivity index (χ3v) is 3.92. The van der Waals surface area contributed by atoms with Crippen LogP contribution in [-0.4, -0.2) is 31.4 Å². The Morgan fingerprint density at radius 3 is 2.52 bits per heavy atom. The van der Waals surface area contributed by atoms with E-state index < -0.39 is 0 Å². The number of benzene rings is 2. The van der Waals surface area contributed by atoms with E-state index in [9.17, 15) is 9.18 Å². The second-order valence-electron chi connectivity index (χ2n) is 5.80. The molecule has 0 aromatic heterocycles. The molecule has 0 unspecified atom stereocenters. The Balaban J connectivity index is 1.37. The molecule has 2 aromatic rings. The van der Waals surface area contributed by atoms with Crippen molar-refractivity contribution >= 4 is 11.7 Å². The van der Waals surface area contributed by atoms with E-state index in [-0.39, 0.29) is 11.6 Å². The largest absolute Gasteiger partial charge is 0.494 e. The Kier molecular flexibility index (Phi) is 5.77. The van der Waals surface area contributed by atoms with Crippen molar-refractivity contribution in [3.8, 4) is 5.75 Å². The lowest BCUT2D eigenvalue weighted by atomic mass is 10.1. The normalized spacial score (nSPS) is 13.2. The highest BCUT2D eigenvalue weighted by Gasteiger charge is 2.10. The Morgan fingerprint density at radius 1 is 1.08 bits per heavy atom. The predicted molar refractivity (Wildman–Crippen MR) is 93.9 cm³/mol. The highest BCUT2D eigenvalue weighted by atomic mass is 19.1. The summed E-state index contributed by atoms with van der Waals surface area (Å²) in [6, 6.07) is 13.3. The molecule has 130 valence electrons. The van der Waals surface area contributed by atoms with Gasteiger partial charge in [-0.05, 0) is 61.4 Å². The van der Waals surface area contributed by atoms with Crippen LogP contribution in [0, 0.1) is 5.82 Å². The minimum atomic E-state index is -0.331. The first kappa shape index (κ1) is 17.1. The third-order valence-electron chi connectivity index (χ3n) is 3.92. The molecule has 0 radical (unpaired) electrons. The molecule has 3 rings (SSSR count). The second-order valence-corrected chi connectivity index (χ2v) is 5.80. The summed E-state index contributed by atoms with van der Waals surface area (Å²) in [5.74, 6) is 1.17. The standard InChI is InChI=1S/C20H20FNO3/c21-17-8-4-15(5-9-17)19(23)3-1-2-13-24-18-10-6-16(7-11-18)20-22-12-14-25-20/h4-11H,1-3,12-14H2. The van der Waals surface area contributed by atoms with E-state index in [0.29, 0.717) is 37.6 Å². The van der Waals surface area contributed by atoms with Crippen molar-refractivity contribution < 1.29 is 18.7 Å². The van der Waals surface area contributed by atoms with Crippen LogP contribution in [0.15, 0.2) is 53.5 Å². The van der Waals surface area contributed by atoms with Crippen molar-refractivity contribution in [2.24, 2.45) is 4.99 Å². The number of hydrogen-bond acceptors (Lipinski definition) is 4. The lowest BCUT2D eigenvalue weighted by Crippen LogP contribution is -2.03. The molecule has 0 bridgehead atoms. The second kappa shape index (κ2) is 8.42. The number of carbonyl (C=O) groups excluding carboxylic acids is 1. The molecule has 0 saturated heterocycles. The predicted octanol–water partition coefficient (Wildman–Crippen LogP) is 4.03. The van der Waals surface area contributed by atoms with E-state index in [4.69, 9.17) is 9.47 Å². The van der Waals surface area contributed by atoms with Crippen molar-refractivity contribution in [1.29, 1.82) is 0 Å². The third kappa shape index (κ3) is 4.89. The highest BCUT2D eigenvalue weighted by Crippen LogP contribution is 2.16. The zero-order valence-corrected chi connectivity index (χ0v) is 13.9. The van der Waals surface area contributed by atoms with Crippen LogP contribution >= 0.6 is 0 Å². The van der Waals surface area contributed by atoms with Crippen LogP contribution < -0.4 is 4.74 Å². The van der Waals surface area contributed by atoms with E-state index >= 15 is 0 Å². The first-order chi connectivity index (χ1) is 12.2. The number of rotatable bonds is 8. The minimum Gasteiger partial charge on any atom is -0.494 e. The summed E-state index contributed by atoms with van der Waals surface area (Å²) < 4.78 is 23.9. The molecule has 25 heavy (non-hydrogen) atoms. The molecule has 5 heteroatoms. The summed E-state index contributed by atoms with van der Waals surface area (Å²) in [6.07, 6.45) is 1.95. The van der Waals surface area contributed by atoms with Crippen molar-refractivity contribution in [2.75, 3.05) is 19.8 Å². The highest BCUT2D eigenvalue weighted by molar-refractivity contribution is 5.96. The number of carbonyl (C=O) groups is 1. The molecule has 1 aliphatic heterocycles. The Morgan fingerprint density at radius 2 is 1.84 bits per heavy atom. The molecule has 0 spiro atoms. The maximum atomic E-state index is 12.8. The van der Waals surface area contributed by atoms with Gasteiger partial charge in [0.05, 0.1) is 13.2 Å². The van der Waals surface area contributed by atoms with E-state index in [2.05, 4.69) is 4.99 Å². The molecule has 0 saturated carbocycles. The SMILES string of the molecule is O=C(CCCCOc1ccc(C2=NCCO2)cc1)c1ccc(F)cc1. The molecule has 0 aliphatic carbocycles. The molecule has 0 atom stereocenters. The van der Waals surface area contributed by atoms with Crippen LogP contribution in [0.2, 0.25) is 0 Å². The number of ketones is 1. The van der Waals surface area contributed by atoms with Gasteiger partial charge in [-0.25, -0.2) is 9.38 Å². The van der Waals surface area contributed by atoms with Crippen LogP contribution in [0.5, 0.6) is 5.75 Å². The van der Waals surface area contributed by atoms with E-state index in [1.807, 2.05) is 24.3 Å². The van der Waals surface area contributed by atoms with Gasteiger partial charge in [0.1, 0.15) is 18.2 Å². The quantitative estimate of drug-likeness (QED) is 0.538. The molecule has 0 fully saturated rings. The van der Waals surface area contributed by atoms with Gasteiger partial charge in [-0.3, -0.25) is 4.79 Å². The summed E-state index contributed by atoms with van der Waals surface area (Å²) >= 11 is 0. The molecule has 1 heterocycles. The Bertz CT molecular complexity index is 739. The number of aliphatic imine (C=N–C) groups is 1. The molecular weight excluding hydrogens is 321 g/mol. The summed E-state index contributed by atoms with van der Waals surface area (Å²) in [5, 5.41) is 0. The number of Topliss-reactive ketones (excluding diaryl/α,β-unsaturated/α-hetero) is 1. The lowest BCUT2D eigenvalue weighted by Gasteiger charge is -2.07. The van der Waals surface area contributed by atoms with Crippen LogP contribution in [0.25, 0.3) is 0 Å². The first-order valence-corrected chi connectivity index (χ1v) is 8.41. The molecule has 1 aliphatic rings. The summed E-state index contributed by atoms with van der Waals surface area (Å²) in [5.41, 5.74) is 1.50. The van der Waals surface area contributed by atoms with Crippen molar-refractivity contribution in [2.45, 2.75) is 19.3 Å². The molecule has 2 aromatic carbocycles. The zero-order valence-electron chi connectivity index (χ0n) is 13.9. The smallest absolute Gasteiger partial charge is 0.216 e. The molecule has 0 amide bonds. The Hall–Kier alpha value is -2.69. The van der Waals surface area contributed by atoms with Crippen LogP contribution in [-0.2, 0) is 4.74 Å². The molecule has 0 N–H and O–H groups in total. The maximum absolute atomic E-state index is 12.8. The van der Waals surface area contributed by atoms with Crippen LogP contribution in [0.3, 0.4) is 0 Å². The van der Waals surface area contributed by atoms with Gasteiger partial charge in [-0.2, -0.15) is 0 Å². The van der Waals surface area contributed by atoms with Crippen molar-refractivity contribution in [1.82, 2.24) is 0 Å². The average molecular weight is 341 g/mol. The topological polar surface area (TPSA) is 47.9 Å². The van der Waals surface area contributed by atoms with Gasteiger partial charge in [0.15, 0.2) is 5.78 Å². The van der Waals surface area contributed by atoms with Gasteiger partial charge >= 0.3 is 0 Å². The molecular formula is C20H20FNO3. The van der Waals surface area contributed by atoms with Gasteiger partial charge in [-0.15, -0.1) is 0 Å². The van der Waals surface area contributed by atoms with Crippen LogP contribution in [0.4, 0.5) is 4.39 Å². The van der Waals surface area contributed by atoms with Gasteiger partial charge in [0.2, 0.25) is 5.90 Å². The number of unbranched alkanes of at least 4 members (excludes halogenated alkanes) is 1. The maximum Gasteiger partial charge on any atom is 0.216 e. The number of halogens is 1. The first-order valence-electron chi connectivity index (χ1n) is 8.41. The zero-order chi connectivity index (χ0) is 17.5. The summed E-state index contributed by atoms with van der Waals surface area (Å²) in [7, 11) is 0. The van der Waals surface area contributed by atoms with E-state index in [1.165, 1.54) is 24.3 Å². The number of nitrogens with zero attached hydrogens (tertiary/aromatic N) is 1.